The third-order valence-corrected chi connectivity index (χ3v) is 4.24. The van der Waals surface area contributed by atoms with Crippen molar-refractivity contribution in [1.82, 2.24) is 15.5 Å². The number of hydrogen-bond donors (Lipinski definition) is 3. The molecule has 0 saturated carbocycles. The molecule has 0 aliphatic heterocycles. The van der Waals surface area contributed by atoms with Crippen molar-refractivity contribution in [3.05, 3.63) is 65.2 Å². The molecular formula is C22H31IN4O2. The van der Waals surface area contributed by atoms with Gasteiger partial charge in [-0.25, -0.2) is 4.99 Å². The normalized spacial score (nSPS) is 10.8. The number of aromatic hydroxyl groups is 1. The van der Waals surface area contributed by atoms with Crippen molar-refractivity contribution in [3.63, 3.8) is 0 Å². The molecule has 2 rings (SSSR count). The lowest BCUT2D eigenvalue weighted by molar-refractivity contribution is 0.0827. The Balaban J connectivity index is 0.00000420. The molecule has 2 aromatic rings. The van der Waals surface area contributed by atoms with Crippen LogP contribution in [0.5, 0.6) is 5.75 Å². The Hall–Kier alpha value is -2.29. The monoisotopic (exact) mass is 510 g/mol. The van der Waals surface area contributed by atoms with Gasteiger partial charge in [-0.3, -0.25) is 4.79 Å². The van der Waals surface area contributed by atoms with Gasteiger partial charge in [-0.05, 0) is 55.2 Å². The third kappa shape index (κ3) is 8.72. The number of phenols is 1. The minimum absolute atomic E-state index is 0. The molecule has 7 heteroatoms. The Kier molecular flexibility index (Phi) is 11.1. The lowest BCUT2D eigenvalue weighted by Gasteiger charge is -2.12. The summed E-state index contributed by atoms with van der Waals surface area (Å²) < 4.78 is 0. The maximum atomic E-state index is 11.9. The van der Waals surface area contributed by atoms with Crippen LogP contribution in [0.15, 0.2) is 53.5 Å². The maximum absolute atomic E-state index is 11.9. The molecule has 6 nitrogen and oxygen atoms in total. The van der Waals surface area contributed by atoms with E-state index in [1.165, 1.54) is 5.56 Å². The quantitative estimate of drug-likeness (QED) is 0.220. The van der Waals surface area contributed by atoms with Crippen LogP contribution < -0.4 is 10.6 Å². The van der Waals surface area contributed by atoms with E-state index in [9.17, 15) is 9.90 Å². The highest BCUT2D eigenvalue weighted by Gasteiger charge is 2.07. The number of amides is 1. The first-order valence-electron chi connectivity index (χ1n) is 9.60. The highest BCUT2D eigenvalue weighted by atomic mass is 127. The first-order valence-corrected chi connectivity index (χ1v) is 9.60. The molecule has 3 N–H and O–H groups in total. The molecule has 1 amide bonds. The van der Waals surface area contributed by atoms with Gasteiger partial charge in [-0.2, -0.15) is 0 Å². The number of carbonyl (C=O) groups is 1. The molecule has 29 heavy (non-hydrogen) atoms. The van der Waals surface area contributed by atoms with E-state index in [4.69, 9.17) is 0 Å². The predicted octanol–water partition coefficient (Wildman–Crippen LogP) is 3.40. The fourth-order valence-corrected chi connectivity index (χ4v) is 2.68. The number of benzene rings is 2. The highest BCUT2D eigenvalue weighted by Crippen LogP contribution is 2.11. The summed E-state index contributed by atoms with van der Waals surface area (Å²) in [6.45, 7) is 4.18. The van der Waals surface area contributed by atoms with E-state index in [1.807, 2.05) is 43.3 Å². The van der Waals surface area contributed by atoms with Gasteiger partial charge in [0, 0.05) is 32.7 Å². The zero-order valence-corrected chi connectivity index (χ0v) is 19.6. The number of nitrogens with zero attached hydrogens (tertiary/aromatic N) is 2. The zero-order valence-electron chi connectivity index (χ0n) is 17.3. The van der Waals surface area contributed by atoms with Crippen LogP contribution in [0.2, 0.25) is 0 Å². The summed E-state index contributed by atoms with van der Waals surface area (Å²) in [5.74, 6) is 1.07. The Labute approximate surface area is 190 Å². The number of aryl methyl sites for hydroxylation is 1. The lowest BCUT2D eigenvalue weighted by Crippen LogP contribution is -2.37. The van der Waals surface area contributed by atoms with Crippen LogP contribution >= 0.6 is 24.0 Å². The molecule has 0 saturated heterocycles. The van der Waals surface area contributed by atoms with E-state index in [2.05, 4.69) is 15.6 Å². The van der Waals surface area contributed by atoms with Crippen LogP contribution in [0.4, 0.5) is 0 Å². The van der Waals surface area contributed by atoms with E-state index < -0.39 is 0 Å². The van der Waals surface area contributed by atoms with E-state index in [0.717, 1.165) is 37.5 Å². The van der Waals surface area contributed by atoms with Crippen LogP contribution in [0.1, 0.15) is 34.8 Å². The largest absolute Gasteiger partial charge is 0.508 e. The fraction of sp³-hybridized carbons (Fsp3) is 0.364. The number of nitrogens with one attached hydrogen (secondary N) is 2. The fourth-order valence-electron chi connectivity index (χ4n) is 2.68. The molecule has 0 spiro atoms. The van der Waals surface area contributed by atoms with Crippen molar-refractivity contribution in [2.75, 3.05) is 27.2 Å². The first kappa shape index (κ1) is 24.7. The summed E-state index contributed by atoms with van der Waals surface area (Å²) in [6, 6.07) is 14.9. The van der Waals surface area contributed by atoms with Crippen LogP contribution in [-0.4, -0.2) is 49.1 Å². The summed E-state index contributed by atoms with van der Waals surface area (Å²) in [4.78, 5) is 18.1. The number of halogens is 1. The summed E-state index contributed by atoms with van der Waals surface area (Å²) >= 11 is 0. The molecule has 2 aromatic carbocycles. The van der Waals surface area contributed by atoms with Crippen molar-refractivity contribution >= 4 is 35.8 Å². The summed E-state index contributed by atoms with van der Waals surface area (Å²) in [5, 5.41) is 15.9. The van der Waals surface area contributed by atoms with Gasteiger partial charge < -0.3 is 20.6 Å². The minimum Gasteiger partial charge on any atom is -0.508 e. The van der Waals surface area contributed by atoms with Gasteiger partial charge in [0.2, 0.25) is 0 Å². The van der Waals surface area contributed by atoms with E-state index in [-0.39, 0.29) is 29.9 Å². The predicted molar refractivity (Wildman–Crippen MR) is 129 cm³/mol. The van der Waals surface area contributed by atoms with E-state index >= 15 is 0 Å². The topological polar surface area (TPSA) is 77.0 Å². The molecule has 0 atom stereocenters. The molecule has 0 aliphatic rings. The zero-order chi connectivity index (χ0) is 20.4. The SMILES string of the molecule is CCNC(=NCc1ccc(C(=O)N(C)C)cc1)NCCCc1ccc(O)cc1.I. The third-order valence-electron chi connectivity index (χ3n) is 4.24. The molecule has 0 heterocycles. The Bertz CT molecular complexity index is 774. The van der Waals surface area contributed by atoms with Crippen LogP contribution in [0, 0.1) is 0 Å². The van der Waals surface area contributed by atoms with Crippen molar-refractivity contribution in [1.29, 1.82) is 0 Å². The molecule has 0 radical (unpaired) electrons. The maximum Gasteiger partial charge on any atom is 0.253 e. The van der Waals surface area contributed by atoms with Crippen molar-refractivity contribution in [2.24, 2.45) is 4.99 Å². The molecule has 0 aromatic heterocycles. The van der Waals surface area contributed by atoms with Crippen LogP contribution in [0.3, 0.4) is 0 Å². The second-order valence-electron chi connectivity index (χ2n) is 6.79. The number of rotatable bonds is 8. The van der Waals surface area contributed by atoms with E-state index in [0.29, 0.717) is 17.9 Å². The smallest absolute Gasteiger partial charge is 0.253 e. The second-order valence-corrected chi connectivity index (χ2v) is 6.79. The Morgan fingerprint density at radius 2 is 1.62 bits per heavy atom. The van der Waals surface area contributed by atoms with Gasteiger partial charge >= 0.3 is 0 Å². The Morgan fingerprint density at radius 3 is 2.21 bits per heavy atom. The number of guanidine groups is 1. The van der Waals surface area contributed by atoms with Crippen molar-refractivity contribution in [3.8, 4) is 5.75 Å². The molecule has 0 aliphatic carbocycles. The van der Waals surface area contributed by atoms with Gasteiger partial charge in [0.25, 0.3) is 5.91 Å². The molecule has 0 fully saturated rings. The minimum atomic E-state index is -0.00122. The van der Waals surface area contributed by atoms with Gasteiger partial charge in [-0.15, -0.1) is 24.0 Å². The average molecular weight is 510 g/mol. The number of hydrogen-bond acceptors (Lipinski definition) is 3. The molecular weight excluding hydrogens is 479 g/mol. The first-order chi connectivity index (χ1) is 13.5. The van der Waals surface area contributed by atoms with Gasteiger partial charge in [-0.1, -0.05) is 24.3 Å². The highest BCUT2D eigenvalue weighted by molar-refractivity contribution is 14.0. The second kappa shape index (κ2) is 13.0. The summed E-state index contributed by atoms with van der Waals surface area (Å²) in [6.07, 6.45) is 1.91. The summed E-state index contributed by atoms with van der Waals surface area (Å²) in [5.41, 5.74) is 2.93. The summed E-state index contributed by atoms with van der Waals surface area (Å²) in [7, 11) is 3.49. The average Bonchev–Trinajstić information content (AvgIpc) is 2.70. The number of phenolic OH excluding ortho intramolecular Hbond substituents is 1. The molecule has 0 unspecified atom stereocenters. The van der Waals surface area contributed by atoms with E-state index in [1.54, 1.807) is 31.1 Å². The standard InChI is InChI=1S/C22H30N4O2.HI/c1-4-23-22(24-15-5-6-17-9-13-20(27)14-10-17)25-16-18-7-11-19(12-8-18)21(28)26(2)3;/h7-14,27H,4-6,15-16H2,1-3H3,(H2,23,24,25);1H. The molecule has 0 bridgehead atoms. The lowest BCUT2D eigenvalue weighted by atomic mass is 10.1. The van der Waals surface area contributed by atoms with Crippen LogP contribution in [0.25, 0.3) is 0 Å². The van der Waals surface area contributed by atoms with Crippen molar-refractivity contribution in [2.45, 2.75) is 26.3 Å². The van der Waals surface area contributed by atoms with Gasteiger partial charge in [0.15, 0.2) is 5.96 Å². The van der Waals surface area contributed by atoms with Gasteiger partial charge in [0.05, 0.1) is 6.54 Å². The van der Waals surface area contributed by atoms with Crippen molar-refractivity contribution < 1.29 is 9.90 Å². The van der Waals surface area contributed by atoms with Gasteiger partial charge in [0.1, 0.15) is 5.75 Å². The Morgan fingerprint density at radius 1 is 1.00 bits per heavy atom. The number of aliphatic imine (C=N–C) groups is 1. The molecule has 158 valence electrons. The number of carbonyl (C=O) groups excluding carboxylic acids is 1. The van der Waals surface area contributed by atoms with Crippen LogP contribution in [-0.2, 0) is 13.0 Å².